The van der Waals surface area contributed by atoms with Gasteiger partial charge in [0.25, 0.3) is 0 Å². The van der Waals surface area contributed by atoms with E-state index >= 15 is 0 Å². The number of piperidine rings is 1. The van der Waals surface area contributed by atoms with Gasteiger partial charge in [-0.2, -0.15) is 0 Å². The van der Waals surface area contributed by atoms with E-state index in [0.29, 0.717) is 0 Å². The van der Waals surface area contributed by atoms with E-state index in [-0.39, 0.29) is 12.6 Å². The van der Waals surface area contributed by atoms with Gasteiger partial charge in [-0.05, 0) is 25.7 Å². The molecule has 1 saturated heterocycles. The number of nitrogens with zero attached hydrogens (tertiary/aromatic N) is 3. The number of aliphatic hydroxyl groups excluding tert-OH is 1. The van der Waals surface area contributed by atoms with Crippen LogP contribution in [0.5, 0.6) is 0 Å². The molecule has 1 aromatic heterocycles. The lowest BCUT2D eigenvalue weighted by Crippen LogP contribution is -2.35. The van der Waals surface area contributed by atoms with Crippen molar-refractivity contribution in [1.82, 2.24) is 9.97 Å². The topological polar surface area (TPSA) is 61.3 Å². The zero-order valence-corrected chi connectivity index (χ0v) is 11.1. The van der Waals surface area contributed by atoms with E-state index in [2.05, 4.69) is 27.1 Å². The number of hydrogen-bond donors (Lipinski definition) is 2. The molecule has 0 bridgehead atoms. The second-order valence-electron chi connectivity index (χ2n) is 5.18. The van der Waals surface area contributed by atoms with Crippen molar-refractivity contribution < 1.29 is 5.11 Å². The molecule has 0 saturated carbocycles. The van der Waals surface area contributed by atoms with Crippen molar-refractivity contribution in [2.45, 2.75) is 32.7 Å². The summed E-state index contributed by atoms with van der Waals surface area (Å²) in [5.41, 5.74) is 0. The fourth-order valence-electron chi connectivity index (χ4n) is 2.29. The highest BCUT2D eigenvalue weighted by atomic mass is 16.3. The minimum atomic E-state index is 0.00743. The fraction of sp³-hybridized carbons (Fsp3) is 0.692. The zero-order chi connectivity index (χ0) is 13.0. The summed E-state index contributed by atoms with van der Waals surface area (Å²) in [5.74, 6) is 2.48. The third-order valence-corrected chi connectivity index (χ3v) is 3.30. The normalized spacial score (nSPS) is 21.7. The molecule has 2 heterocycles. The van der Waals surface area contributed by atoms with Crippen LogP contribution >= 0.6 is 0 Å². The number of rotatable bonds is 4. The predicted molar refractivity (Wildman–Crippen MR) is 72.8 cm³/mol. The van der Waals surface area contributed by atoms with Gasteiger partial charge in [0, 0.05) is 25.2 Å². The molecule has 2 N–H and O–H groups in total. The first-order valence-corrected chi connectivity index (χ1v) is 6.63. The average molecular weight is 250 g/mol. The molecule has 1 aliphatic heterocycles. The highest BCUT2D eigenvalue weighted by molar-refractivity contribution is 5.49. The summed E-state index contributed by atoms with van der Waals surface area (Å²) in [6.07, 6.45) is 4.11. The van der Waals surface area contributed by atoms with Crippen LogP contribution in [0.4, 0.5) is 11.6 Å². The van der Waals surface area contributed by atoms with Gasteiger partial charge in [-0.25, -0.2) is 9.97 Å². The van der Waals surface area contributed by atoms with Crippen LogP contribution in [-0.4, -0.2) is 40.8 Å². The van der Waals surface area contributed by atoms with Crippen LogP contribution < -0.4 is 10.2 Å². The van der Waals surface area contributed by atoms with Gasteiger partial charge in [0.2, 0.25) is 0 Å². The van der Waals surface area contributed by atoms with Gasteiger partial charge in [-0.15, -0.1) is 0 Å². The lowest BCUT2D eigenvalue weighted by atomic mass is 10.0. The molecular formula is C13H22N4O. The second-order valence-corrected chi connectivity index (χ2v) is 5.18. The smallest absolute Gasteiger partial charge is 0.134 e. The molecule has 1 aromatic rings. The van der Waals surface area contributed by atoms with Crippen LogP contribution in [-0.2, 0) is 0 Å². The van der Waals surface area contributed by atoms with E-state index in [1.807, 2.05) is 13.0 Å². The summed E-state index contributed by atoms with van der Waals surface area (Å²) < 4.78 is 0. The maximum atomic E-state index is 9.03. The molecule has 0 unspecified atom stereocenters. The van der Waals surface area contributed by atoms with E-state index in [4.69, 9.17) is 5.11 Å². The number of aliphatic hydroxyl groups is 1. The minimum absolute atomic E-state index is 0.00743. The molecule has 0 radical (unpaired) electrons. The van der Waals surface area contributed by atoms with Crippen LogP contribution in [0, 0.1) is 5.92 Å². The SMILES string of the molecule is C[C@@H]1CCCN(c2cc(N[C@@H](C)CO)ncn2)C1. The van der Waals surface area contributed by atoms with Crippen LogP contribution in [0.2, 0.25) is 0 Å². The van der Waals surface area contributed by atoms with Gasteiger partial charge in [0.15, 0.2) is 0 Å². The summed E-state index contributed by atoms with van der Waals surface area (Å²) in [5, 5.41) is 12.2. The van der Waals surface area contributed by atoms with E-state index in [1.165, 1.54) is 12.8 Å². The number of anilines is 2. The number of nitrogens with one attached hydrogen (secondary N) is 1. The second kappa shape index (κ2) is 6.00. The summed E-state index contributed by atoms with van der Waals surface area (Å²) in [7, 11) is 0. The lowest BCUT2D eigenvalue weighted by Gasteiger charge is -2.31. The van der Waals surface area contributed by atoms with Crippen LogP contribution in [0.1, 0.15) is 26.7 Å². The summed E-state index contributed by atoms with van der Waals surface area (Å²) in [6, 6.07) is 1.97. The Labute approximate surface area is 108 Å². The van der Waals surface area contributed by atoms with Crippen molar-refractivity contribution >= 4 is 11.6 Å². The van der Waals surface area contributed by atoms with Gasteiger partial charge >= 0.3 is 0 Å². The van der Waals surface area contributed by atoms with Crippen molar-refractivity contribution in [3.8, 4) is 0 Å². The molecule has 1 aliphatic rings. The van der Waals surface area contributed by atoms with Gasteiger partial charge < -0.3 is 15.3 Å². The van der Waals surface area contributed by atoms with Crippen molar-refractivity contribution in [1.29, 1.82) is 0 Å². The Bertz CT molecular complexity index is 385. The molecule has 2 rings (SSSR count). The Balaban J connectivity index is 2.06. The lowest BCUT2D eigenvalue weighted by molar-refractivity contribution is 0.281. The summed E-state index contributed by atoms with van der Waals surface area (Å²) in [4.78, 5) is 10.8. The standard InChI is InChI=1S/C13H22N4O/c1-10-4-3-5-17(7-10)13-6-12(14-9-15-13)16-11(2)8-18/h6,9-11,18H,3-5,7-8H2,1-2H3,(H,14,15,16)/t10-,11+/m1/s1. The molecule has 100 valence electrons. The van der Waals surface area contributed by atoms with Crippen LogP contribution in [0.25, 0.3) is 0 Å². The van der Waals surface area contributed by atoms with Gasteiger partial charge in [0.1, 0.15) is 18.0 Å². The van der Waals surface area contributed by atoms with Gasteiger partial charge in [-0.1, -0.05) is 6.92 Å². The summed E-state index contributed by atoms with van der Waals surface area (Å²) in [6.45, 7) is 6.42. The maximum absolute atomic E-state index is 9.03. The van der Waals surface area contributed by atoms with Crippen molar-refractivity contribution in [2.75, 3.05) is 29.9 Å². The molecule has 2 atom stereocenters. The zero-order valence-electron chi connectivity index (χ0n) is 11.1. The summed E-state index contributed by atoms with van der Waals surface area (Å²) >= 11 is 0. The predicted octanol–water partition coefficient (Wildman–Crippen LogP) is 1.51. The fourth-order valence-corrected chi connectivity index (χ4v) is 2.29. The maximum Gasteiger partial charge on any atom is 0.134 e. The number of hydrogen-bond acceptors (Lipinski definition) is 5. The molecular weight excluding hydrogens is 228 g/mol. The van der Waals surface area contributed by atoms with E-state index < -0.39 is 0 Å². The molecule has 0 amide bonds. The third kappa shape index (κ3) is 3.32. The molecule has 5 heteroatoms. The molecule has 0 aliphatic carbocycles. The molecule has 0 aromatic carbocycles. The number of aromatic nitrogens is 2. The van der Waals surface area contributed by atoms with Gasteiger partial charge in [0.05, 0.1) is 6.61 Å². The first-order chi connectivity index (χ1) is 8.69. The Morgan fingerprint density at radius 2 is 2.39 bits per heavy atom. The van der Waals surface area contributed by atoms with Gasteiger partial charge in [-0.3, -0.25) is 0 Å². The Hall–Kier alpha value is -1.36. The molecule has 18 heavy (non-hydrogen) atoms. The first kappa shape index (κ1) is 13.1. The Kier molecular flexibility index (Phi) is 4.36. The van der Waals surface area contributed by atoms with Crippen molar-refractivity contribution in [3.63, 3.8) is 0 Å². The first-order valence-electron chi connectivity index (χ1n) is 6.63. The average Bonchev–Trinajstić information content (AvgIpc) is 2.39. The largest absolute Gasteiger partial charge is 0.394 e. The molecule has 0 spiro atoms. The Morgan fingerprint density at radius 1 is 1.56 bits per heavy atom. The molecule has 5 nitrogen and oxygen atoms in total. The highest BCUT2D eigenvalue weighted by Crippen LogP contribution is 2.22. The minimum Gasteiger partial charge on any atom is -0.394 e. The van der Waals surface area contributed by atoms with E-state index in [1.54, 1.807) is 6.33 Å². The van der Waals surface area contributed by atoms with Crippen LogP contribution in [0.3, 0.4) is 0 Å². The monoisotopic (exact) mass is 250 g/mol. The van der Waals surface area contributed by atoms with Crippen molar-refractivity contribution in [3.05, 3.63) is 12.4 Å². The van der Waals surface area contributed by atoms with E-state index in [9.17, 15) is 0 Å². The van der Waals surface area contributed by atoms with Crippen molar-refractivity contribution in [2.24, 2.45) is 5.92 Å². The highest BCUT2D eigenvalue weighted by Gasteiger charge is 2.18. The van der Waals surface area contributed by atoms with E-state index in [0.717, 1.165) is 30.6 Å². The quantitative estimate of drug-likeness (QED) is 0.848. The molecule has 1 fully saturated rings. The van der Waals surface area contributed by atoms with Crippen LogP contribution in [0.15, 0.2) is 12.4 Å². The Morgan fingerprint density at radius 3 is 3.11 bits per heavy atom. The third-order valence-electron chi connectivity index (χ3n) is 3.30.